The molecular formula is C23H23F2N3O3S. The number of carbonyl (C=O) groups excluding carboxylic acids is 3. The van der Waals surface area contributed by atoms with Gasteiger partial charge in [0.15, 0.2) is 0 Å². The van der Waals surface area contributed by atoms with Crippen LogP contribution in [0.5, 0.6) is 0 Å². The van der Waals surface area contributed by atoms with Crippen molar-refractivity contribution in [2.75, 3.05) is 13.1 Å². The van der Waals surface area contributed by atoms with Crippen LogP contribution >= 0.6 is 11.3 Å². The molecule has 4 heterocycles. The molecule has 2 saturated heterocycles. The molecule has 0 bridgehead atoms. The summed E-state index contributed by atoms with van der Waals surface area (Å²) in [4.78, 5) is 40.0. The molecule has 6 nitrogen and oxygen atoms in total. The molecule has 2 fully saturated rings. The summed E-state index contributed by atoms with van der Waals surface area (Å²) in [6, 6.07) is 2.36. The molecule has 1 unspecified atom stereocenters. The fraction of sp³-hybridized carbons (Fsp3) is 0.435. The third kappa shape index (κ3) is 3.73. The smallest absolute Gasteiger partial charge is 0.255 e. The van der Waals surface area contributed by atoms with Gasteiger partial charge in [-0.15, -0.1) is 0 Å². The molecule has 168 valence electrons. The Bertz CT molecular complexity index is 1080. The van der Waals surface area contributed by atoms with Crippen LogP contribution in [0, 0.1) is 11.6 Å². The number of rotatable bonds is 4. The number of amides is 3. The second-order valence-corrected chi connectivity index (χ2v) is 9.47. The summed E-state index contributed by atoms with van der Waals surface area (Å²) in [5, 5.41) is 6.37. The van der Waals surface area contributed by atoms with Crippen molar-refractivity contribution >= 4 is 29.1 Å². The Balaban J connectivity index is 1.34. The first-order chi connectivity index (χ1) is 15.4. The van der Waals surface area contributed by atoms with E-state index in [2.05, 4.69) is 21.7 Å². The Hall–Kier alpha value is -2.65. The topological polar surface area (TPSA) is 69.7 Å². The number of hydrogen-bond acceptors (Lipinski definition) is 5. The summed E-state index contributed by atoms with van der Waals surface area (Å²) in [6.45, 7) is 2.24. The number of likely N-dealkylation sites (tertiary alicyclic amines) is 1. The maximum absolute atomic E-state index is 15.5. The molecule has 0 spiro atoms. The minimum atomic E-state index is -0.848. The third-order valence-electron chi connectivity index (χ3n) is 6.74. The summed E-state index contributed by atoms with van der Waals surface area (Å²) >= 11 is 1.65. The highest BCUT2D eigenvalue weighted by Gasteiger charge is 2.42. The van der Waals surface area contributed by atoms with E-state index in [0.29, 0.717) is 12.8 Å². The second kappa shape index (κ2) is 8.37. The SMILES string of the molecule is O=C1CCC(N2Cc3c(cc(F)c(C4CCN(Cc5ccsc5)CC4)c3F)C2=O)C(=O)N1. The van der Waals surface area contributed by atoms with Crippen LogP contribution in [-0.4, -0.2) is 46.7 Å². The van der Waals surface area contributed by atoms with Crippen molar-refractivity contribution in [1.82, 2.24) is 15.1 Å². The number of imide groups is 1. The molecule has 0 saturated carbocycles. The normalized spacial score (nSPS) is 22.4. The molecule has 2 aromatic rings. The van der Waals surface area contributed by atoms with Crippen molar-refractivity contribution in [2.24, 2.45) is 0 Å². The zero-order valence-electron chi connectivity index (χ0n) is 17.4. The third-order valence-corrected chi connectivity index (χ3v) is 7.48. The van der Waals surface area contributed by atoms with Crippen molar-refractivity contribution in [2.45, 2.75) is 50.7 Å². The molecule has 3 amide bonds. The molecule has 5 rings (SSSR count). The lowest BCUT2D eigenvalue weighted by Gasteiger charge is -2.32. The van der Waals surface area contributed by atoms with Gasteiger partial charge in [0.05, 0.1) is 12.1 Å². The Labute approximate surface area is 188 Å². The summed E-state index contributed by atoms with van der Waals surface area (Å²) in [5.74, 6) is -3.14. The fourth-order valence-corrected chi connectivity index (χ4v) is 5.71. The van der Waals surface area contributed by atoms with Crippen LogP contribution < -0.4 is 5.32 Å². The van der Waals surface area contributed by atoms with Gasteiger partial charge in [0, 0.05) is 24.1 Å². The predicted molar refractivity (Wildman–Crippen MR) is 114 cm³/mol. The van der Waals surface area contributed by atoms with Gasteiger partial charge in [-0.25, -0.2) is 8.78 Å². The van der Waals surface area contributed by atoms with Gasteiger partial charge in [0.25, 0.3) is 5.91 Å². The van der Waals surface area contributed by atoms with Crippen molar-refractivity contribution in [1.29, 1.82) is 0 Å². The van der Waals surface area contributed by atoms with E-state index in [1.165, 1.54) is 10.5 Å². The van der Waals surface area contributed by atoms with Gasteiger partial charge < -0.3 is 4.90 Å². The van der Waals surface area contributed by atoms with E-state index in [-0.39, 0.29) is 47.9 Å². The van der Waals surface area contributed by atoms with Crippen LogP contribution in [-0.2, 0) is 22.7 Å². The first kappa shape index (κ1) is 21.2. The monoisotopic (exact) mass is 459 g/mol. The number of benzene rings is 1. The Morgan fingerprint density at radius 2 is 1.91 bits per heavy atom. The zero-order chi connectivity index (χ0) is 22.4. The lowest BCUT2D eigenvalue weighted by molar-refractivity contribution is -0.136. The minimum Gasteiger partial charge on any atom is -0.322 e. The number of halogens is 2. The van der Waals surface area contributed by atoms with Crippen LogP contribution in [0.25, 0.3) is 0 Å². The minimum absolute atomic E-state index is 0.0247. The number of hydrogen-bond donors (Lipinski definition) is 1. The average Bonchev–Trinajstić information content (AvgIpc) is 3.38. The van der Waals surface area contributed by atoms with Gasteiger partial charge in [-0.2, -0.15) is 11.3 Å². The highest BCUT2D eigenvalue weighted by Crippen LogP contribution is 2.38. The van der Waals surface area contributed by atoms with E-state index in [4.69, 9.17) is 0 Å². The zero-order valence-corrected chi connectivity index (χ0v) is 18.2. The van der Waals surface area contributed by atoms with Crippen LogP contribution in [0.15, 0.2) is 22.9 Å². The van der Waals surface area contributed by atoms with Gasteiger partial charge in [-0.1, -0.05) is 0 Å². The first-order valence-corrected chi connectivity index (χ1v) is 11.8. The highest BCUT2D eigenvalue weighted by atomic mass is 32.1. The molecule has 9 heteroatoms. The van der Waals surface area contributed by atoms with Crippen molar-refractivity contribution in [3.8, 4) is 0 Å². The van der Waals surface area contributed by atoms with E-state index >= 15 is 8.78 Å². The largest absolute Gasteiger partial charge is 0.322 e. The molecule has 1 N–H and O–H groups in total. The van der Waals surface area contributed by atoms with E-state index < -0.39 is 29.5 Å². The summed E-state index contributed by atoms with van der Waals surface area (Å²) < 4.78 is 30.5. The fourth-order valence-electron chi connectivity index (χ4n) is 5.05. The number of fused-ring (bicyclic) bond motifs is 1. The quantitative estimate of drug-likeness (QED) is 0.714. The second-order valence-electron chi connectivity index (χ2n) is 8.69. The maximum atomic E-state index is 15.5. The molecule has 3 aliphatic rings. The van der Waals surface area contributed by atoms with Crippen molar-refractivity contribution < 1.29 is 23.2 Å². The Morgan fingerprint density at radius 1 is 1.12 bits per heavy atom. The summed E-state index contributed by atoms with van der Waals surface area (Å²) in [5.41, 5.74) is 1.42. The predicted octanol–water partition coefficient (Wildman–Crippen LogP) is 3.17. The Morgan fingerprint density at radius 3 is 2.59 bits per heavy atom. The number of thiophene rings is 1. The van der Waals surface area contributed by atoms with Gasteiger partial charge >= 0.3 is 0 Å². The highest BCUT2D eigenvalue weighted by molar-refractivity contribution is 7.07. The molecule has 0 aliphatic carbocycles. The number of nitrogens with zero attached hydrogens (tertiary/aromatic N) is 2. The summed E-state index contributed by atoms with van der Waals surface area (Å²) in [7, 11) is 0. The molecular weight excluding hydrogens is 436 g/mol. The van der Waals surface area contributed by atoms with E-state index in [1.807, 2.05) is 5.38 Å². The number of nitrogens with one attached hydrogen (secondary N) is 1. The lowest BCUT2D eigenvalue weighted by atomic mass is 9.86. The van der Waals surface area contributed by atoms with Crippen LogP contribution in [0.1, 0.15) is 58.6 Å². The molecule has 1 aromatic carbocycles. The molecule has 1 atom stereocenters. The van der Waals surface area contributed by atoms with Crippen LogP contribution in [0.4, 0.5) is 8.78 Å². The Kier molecular flexibility index (Phi) is 5.54. The van der Waals surface area contributed by atoms with E-state index in [9.17, 15) is 14.4 Å². The van der Waals surface area contributed by atoms with Gasteiger partial charge in [0.1, 0.15) is 17.7 Å². The lowest BCUT2D eigenvalue weighted by Crippen LogP contribution is -2.52. The van der Waals surface area contributed by atoms with E-state index in [1.54, 1.807) is 11.3 Å². The van der Waals surface area contributed by atoms with Gasteiger partial charge in [-0.05, 0) is 66.7 Å². The van der Waals surface area contributed by atoms with Gasteiger partial charge in [0.2, 0.25) is 11.8 Å². The summed E-state index contributed by atoms with van der Waals surface area (Å²) in [6.07, 6.45) is 1.58. The molecule has 1 aromatic heterocycles. The number of carbonyl (C=O) groups is 3. The standard InChI is InChI=1S/C23H23F2N3O3S/c24-17-9-15-16(11-28(23(15)31)18-1-2-19(29)26-22(18)30)21(25)20(17)14-3-6-27(7-4-14)10-13-5-8-32-12-13/h5,8-9,12,14,18H,1-4,6-7,10-11H2,(H,26,29,30). The van der Waals surface area contributed by atoms with Crippen molar-refractivity contribution in [3.05, 3.63) is 56.8 Å². The average molecular weight is 460 g/mol. The molecule has 0 radical (unpaired) electrons. The van der Waals surface area contributed by atoms with Gasteiger partial charge in [-0.3, -0.25) is 24.6 Å². The van der Waals surface area contributed by atoms with Crippen molar-refractivity contribution in [3.63, 3.8) is 0 Å². The number of piperidine rings is 2. The first-order valence-electron chi connectivity index (χ1n) is 10.8. The van der Waals surface area contributed by atoms with E-state index in [0.717, 1.165) is 25.7 Å². The maximum Gasteiger partial charge on any atom is 0.255 e. The van der Waals surface area contributed by atoms with Crippen LogP contribution in [0.3, 0.4) is 0 Å². The molecule has 32 heavy (non-hydrogen) atoms. The molecule has 3 aliphatic heterocycles. The van der Waals surface area contributed by atoms with Crippen LogP contribution in [0.2, 0.25) is 0 Å².